The van der Waals surface area contributed by atoms with Gasteiger partial charge in [0.2, 0.25) is 0 Å². The van der Waals surface area contributed by atoms with Gasteiger partial charge in [-0.1, -0.05) is 35.4 Å². The smallest absolute Gasteiger partial charge is 0.0395 e. The van der Waals surface area contributed by atoms with Gasteiger partial charge in [0.1, 0.15) is 0 Å². The fourth-order valence-electron chi connectivity index (χ4n) is 0.403. The molecule has 0 bridgehead atoms. The number of hydrogen-bond acceptors (Lipinski definition) is 0. The molecule has 0 saturated heterocycles. The predicted octanol–water partition coefficient (Wildman–Crippen LogP) is 3.65. The molecule has 0 N–H and O–H groups in total. The Morgan fingerprint density at radius 1 is 1.30 bits per heavy atom. The van der Waals surface area contributed by atoms with Crippen molar-refractivity contribution in [3.63, 3.8) is 0 Å². The Labute approximate surface area is 67.9 Å². The molecule has 0 atom stereocenters. The topological polar surface area (TPSA) is 0 Å². The van der Waals surface area contributed by atoms with Crippen LogP contribution in [0, 0.1) is 0 Å². The first kappa shape index (κ1) is 9.51. The van der Waals surface area contributed by atoms with Crippen LogP contribution in [0.1, 0.15) is 20.8 Å². The lowest BCUT2D eigenvalue weighted by Gasteiger charge is -1.93. The van der Waals surface area contributed by atoms with Gasteiger partial charge in [-0.2, -0.15) is 0 Å². The second-order valence-electron chi connectivity index (χ2n) is 2.44. The normalized spacial score (nSPS) is 11.0. The highest BCUT2D eigenvalue weighted by molar-refractivity contribution is 6.31. The molecular weight excluding hydrogens is 144 g/mol. The molecular formula is C9H13Cl. The van der Waals surface area contributed by atoms with E-state index < -0.39 is 0 Å². The van der Waals surface area contributed by atoms with E-state index in [1.807, 2.05) is 26.8 Å². The maximum atomic E-state index is 5.84. The average molecular weight is 157 g/mol. The highest BCUT2D eigenvalue weighted by atomic mass is 35.5. The van der Waals surface area contributed by atoms with Crippen molar-refractivity contribution < 1.29 is 0 Å². The Morgan fingerprint density at radius 3 is 2.10 bits per heavy atom. The molecule has 0 saturated carbocycles. The summed E-state index contributed by atoms with van der Waals surface area (Å²) in [5.41, 5.74) is 2.22. The maximum absolute atomic E-state index is 5.84. The van der Waals surface area contributed by atoms with Crippen LogP contribution in [0.5, 0.6) is 0 Å². The summed E-state index contributed by atoms with van der Waals surface area (Å²) in [5, 5.41) is 0.803. The van der Waals surface area contributed by atoms with E-state index in [0.717, 1.165) is 16.2 Å². The monoisotopic (exact) mass is 156 g/mol. The van der Waals surface area contributed by atoms with Gasteiger partial charge in [0.15, 0.2) is 0 Å². The van der Waals surface area contributed by atoms with Crippen LogP contribution in [0.4, 0.5) is 0 Å². The molecule has 0 aliphatic heterocycles. The van der Waals surface area contributed by atoms with Gasteiger partial charge < -0.3 is 0 Å². The molecule has 0 heterocycles. The molecule has 0 unspecified atom stereocenters. The molecule has 0 spiro atoms. The van der Waals surface area contributed by atoms with Crippen molar-refractivity contribution >= 4 is 11.6 Å². The zero-order valence-corrected chi connectivity index (χ0v) is 7.50. The van der Waals surface area contributed by atoms with Crippen molar-refractivity contribution in [3.8, 4) is 0 Å². The van der Waals surface area contributed by atoms with E-state index in [0.29, 0.717) is 0 Å². The highest BCUT2D eigenvalue weighted by Crippen LogP contribution is 2.12. The second kappa shape index (κ2) is 4.35. The lowest BCUT2D eigenvalue weighted by Crippen LogP contribution is -1.72. The number of rotatable bonds is 2. The molecule has 0 aromatic carbocycles. The summed E-state index contributed by atoms with van der Waals surface area (Å²) in [5.74, 6) is 0. The SMILES string of the molecule is C=CC(C)=CC(Cl)=C(C)C. The largest absolute Gasteiger partial charge is 0.0988 e. The minimum atomic E-state index is 0.803. The van der Waals surface area contributed by atoms with Crippen molar-refractivity contribution in [3.05, 3.63) is 34.9 Å². The van der Waals surface area contributed by atoms with Gasteiger partial charge in [-0.25, -0.2) is 0 Å². The minimum absolute atomic E-state index is 0.803. The van der Waals surface area contributed by atoms with Gasteiger partial charge in [0.05, 0.1) is 0 Å². The van der Waals surface area contributed by atoms with Crippen LogP contribution >= 0.6 is 11.6 Å². The molecule has 10 heavy (non-hydrogen) atoms. The maximum Gasteiger partial charge on any atom is 0.0395 e. The first-order valence-corrected chi connectivity index (χ1v) is 3.59. The van der Waals surface area contributed by atoms with Crippen LogP contribution in [-0.2, 0) is 0 Å². The Balaban J connectivity index is 4.42. The van der Waals surface area contributed by atoms with Crippen molar-refractivity contribution in [2.45, 2.75) is 20.8 Å². The molecule has 0 radical (unpaired) electrons. The van der Waals surface area contributed by atoms with Crippen LogP contribution < -0.4 is 0 Å². The third kappa shape index (κ3) is 3.52. The summed E-state index contributed by atoms with van der Waals surface area (Å²) in [6, 6.07) is 0. The summed E-state index contributed by atoms with van der Waals surface area (Å²) in [6.07, 6.45) is 3.69. The molecule has 1 heteroatoms. The lowest BCUT2D eigenvalue weighted by molar-refractivity contribution is 1.36. The standard InChI is InChI=1S/C9H13Cl/c1-5-8(4)6-9(10)7(2)3/h5-6H,1H2,2-4H3. The van der Waals surface area contributed by atoms with Crippen LogP contribution in [0.25, 0.3) is 0 Å². The molecule has 0 aromatic heterocycles. The van der Waals surface area contributed by atoms with E-state index in [-0.39, 0.29) is 0 Å². The molecule has 56 valence electrons. The van der Waals surface area contributed by atoms with E-state index in [9.17, 15) is 0 Å². The quantitative estimate of drug-likeness (QED) is 0.536. The zero-order valence-electron chi connectivity index (χ0n) is 6.74. The summed E-state index contributed by atoms with van der Waals surface area (Å²) >= 11 is 5.84. The Bertz CT molecular complexity index is 181. The number of hydrogen-bond donors (Lipinski definition) is 0. The Kier molecular flexibility index (Phi) is 4.13. The number of allylic oxidation sites excluding steroid dienone is 5. The van der Waals surface area contributed by atoms with Crippen molar-refractivity contribution in [1.82, 2.24) is 0 Å². The molecule has 0 nitrogen and oxygen atoms in total. The summed E-state index contributed by atoms with van der Waals surface area (Å²) in [4.78, 5) is 0. The second-order valence-corrected chi connectivity index (χ2v) is 2.85. The van der Waals surface area contributed by atoms with Crippen molar-refractivity contribution in [2.24, 2.45) is 0 Å². The zero-order chi connectivity index (χ0) is 8.15. The molecule has 0 aliphatic rings. The van der Waals surface area contributed by atoms with E-state index >= 15 is 0 Å². The first-order chi connectivity index (χ1) is 4.57. The van der Waals surface area contributed by atoms with E-state index in [4.69, 9.17) is 11.6 Å². The van der Waals surface area contributed by atoms with Crippen LogP contribution in [0.2, 0.25) is 0 Å². The summed E-state index contributed by atoms with van der Waals surface area (Å²) < 4.78 is 0. The summed E-state index contributed by atoms with van der Waals surface area (Å²) in [6.45, 7) is 9.56. The molecule has 0 aromatic rings. The molecule has 0 rings (SSSR count). The average Bonchev–Trinajstić information content (AvgIpc) is 1.87. The molecule has 0 fully saturated rings. The third-order valence-electron chi connectivity index (χ3n) is 1.15. The van der Waals surface area contributed by atoms with E-state index in [2.05, 4.69) is 6.58 Å². The lowest BCUT2D eigenvalue weighted by atomic mass is 10.2. The van der Waals surface area contributed by atoms with Crippen molar-refractivity contribution in [2.75, 3.05) is 0 Å². The first-order valence-electron chi connectivity index (χ1n) is 3.21. The highest BCUT2D eigenvalue weighted by Gasteiger charge is 1.88. The fourth-order valence-corrected chi connectivity index (χ4v) is 0.575. The number of halogens is 1. The van der Waals surface area contributed by atoms with Gasteiger partial charge >= 0.3 is 0 Å². The Hall–Kier alpha value is -0.490. The predicted molar refractivity (Wildman–Crippen MR) is 48.2 cm³/mol. The summed E-state index contributed by atoms with van der Waals surface area (Å²) in [7, 11) is 0. The van der Waals surface area contributed by atoms with Crippen molar-refractivity contribution in [1.29, 1.82) is 0 Å². The van der Waals surface area contributed by atoms with Crippen LogP contribution in [0.15, 0.2) is 34.9 Å². The minimum Gasteiger partial charge on any atom is -0.0988 e. The van der Waals surface area contributed by atoms with Crippen LogP contribution in [0.3, 0.4) is 0 Å². The van der Waals surface area contributed by atoms with Gasteiger partial charge in [-0.3, -0.25) is 0 Å². The Morgan fingerprint density at radius 2 is 1.80 bits per heavy atom. The van der Waals surface area contributed by atoms with Crippen LogP contribution in [-0.4, -0.2) is 0 Å². The van der Waals surface area contributed by atoms with E-state index in [1.165, 1.54) is 0 Å². The van der Waals surface area contributed by atoms with Gasteiger partial charge in [0, 0.05) is 5.03 Å². The van der Waals surface area contributed by atoms with Gasteiger partial charge in [-0.15, -0.1) is 0 Å². The van der Waals surface area contributed by atoms with E-state index in [1.54, 1.807) is 6.08 Å². The molecule has 0 aliphatic carbocycles. The third-order valence-corrected chi connectivity index (χ3v) is 1.64. The fraction of sp³-hybridized carbons (Fsp3) is 0.333. The van der Waals surface area contributed by atoms with Gasteiger partial charge in [0.25, 0.3) is 0 Å². The van der Waals surface area contributed by atoms with Gasteiger partial charge in [-0.05, 0) is 26.8 Å². The molecule has 0 amide bonds.